The number of nitrogens with one attached hydrogen (secondary N) is 2. The minimum Gasteiger partial charge on any atom is -0.483 e. The van der Waals surface area contributed by atoms with E-state index in [4.69, 9.17) is 9.47 Å². The van der Waals surface area contributed by atoms with Crippen molar-refractivity contribution in [3.8, 4) is 11.5 Å². The number of halogens is 2. The smallest absolute Gasteiger partial charge is 0.277 e. The number of aryl methyl sites for hydroxylation is 2. The SMILES string of the molecule is Cc1ccc(OCC(=O)N/N=C\c2ccccc2/C=N\NC(=O)COc2ccc(C)cc2Br)c(Br)c1. The summed E-state index contributed by atoms with van der Waals surface area (Å²) < 4.78 is 12.6. The van der Waals surface area contributed by atoms with Crippen LogP contribution in [0.25, 0.3) is 0 Å². The summed E-state index contributed by atoms with van der Waals surface area (Å²) in [5.41, 5.74) is 8.40. The largest absolute Gasteiger partial charge is 0.483 e. The summed E-state index contributed by atoms with van der Waals surface area (Å²) in [7, 11) is 0. The van der Waals surface area contributed by atoms with Crippen LogP contribution in [0.3, 0.4) is 0 Å². The highest BCUT2D eigenvalue weighted by atomic mass is 79.9. The second-order valence-electron chi connectivity index (χ2n) is 7.66. The number of rotatable bonds is 10. The maximum Gasteiger partial charge on any atom is 0.277 e. The average Bonchev–Trinajstić information content (AvgIpc) is 2.84. The molecule has 0 spiro atoms. The molecule has 0 heterocycles. The van der Waals surface area contributed by atoms with E-state index in [-0.39, 0.29) is 13.2 Å². The zero-order chi connectivity index (χ0) is 25.9. The molecule has 0 aliphatic rings. The lowest BCUT2D eigenvalue weighted by molar-refractivity contribution is -0.123. The molecule has 0 aliphatic heterocycles. The first-order valence-electron chi connectivity index (χ1n) is 10.8. The van der Waals surface area contributed by atoms with Crippen LogP contribution >= 0.6 is 31.9 Å². The monoisotopic (exact) mass is 614 g/mol. The van der Waals surface area contributed by atoms with E-state index in [0.29, 0.717) is 22.6 Å². The summed E-state index contributed by atoms with van der Waals surface area (Å²) in [5.74, 6) is 0.329. The Kier molecular flexibility index (Phi) is 10.2. The zero-order valence-corrected chi connectivity index (χ0v) is 22.8. The van der Waals surface area contributed by atoms with Gasteiger partial charge < -0.3 is 9.47 Å². The number of amides is 2. The van der Waals surface area contributed by atoms with Crippen LogP contribution < -0.4 is 20.3 Å². The molecule has 10 heteroatoms. The first-order valence-corrected chi connectivity index (χ1v) is 12.4. The van der Waals surface area contributed by atoms with Crippen molar-refractivity contribution >= 4 is 56.1 Å². The van der Waals surface area contributed by atoms with Gasteiger partial charge in [0.05, 0.1) is 21.4 Å². The number of carbonyl (C=O) groups excluding carboxylic acids is 2. The van der Waals surface area contributed by atoms with Gasteiger partial charge in [0, 0.05) is 11.1 Å². The van der Waals surface area contributed by atoms with Crippen LogP contribution in [0, 0.1) is 13.8 Å². The van der Waals surface area contributed by atoms with Gasteiger partial charge in [-0.25, -0.2) is 10.9 Å². The quantitative estimate of drug-likeness (QED) is 0.251. The Balaban J connectivity index is 1.48. The maximum atomic E-state index is 12.1. The van der Waals surface area contributed by atoms with Crippen LogP contribution in [-0.4, -0.2) is 37.5 Å². The third kappa shape index (κ3) is 8.62. The molecule has 0 saturated heterocycles. The summed E-state index contributed by atoms with van der Waals surface area (Å²) in [4.78, 5) is 24.1. The molecule has 0 atom stereocenters. The van der Waals surface area contributed by atoms with E-state index in [2.05, 4.69) is 52.9 Å². The van der Waals surface area contributed by atoms with Crippen molar-refractivity contribution in [1.29, 1.82) is 0 Å². The second kappa shape index (κ2) is 13.6. The summed E-state index contributed by atoms with van der Waals surface area (Å²) >= 11 is 6.82. The molecule has 0 fully saturated rings. The zero-order valence-electron chi connectivity index (χ0n) is 19.6. The third-order valence-corrected chi connectivity index (χ3v) is 5.91. The number of hydrogen-bond acceptors (Lipinski definition) is 6. The lowest BCUT2D eigenvalue weighted by Gasteiger charge is -2.08. The molecular formula is C26H24Br2N4O4. The minimum absolute atomic E-state index is 0.185. The number of hydrazone groups is 2. The van der Waals surface area contributed by atoms with E-state index >= 15 is 0 Å². The number of nitrogens with zero attached hydrogens (tertiary/aromatic N) is 2. The number of carbonyl (C=O) groups is 2. The molecule has 36 heavy (non-hydrogen) atoms. The summed E-state index contributed by atoms with van der Waals surface area (Å²) in [6.07, 6.45) is 2.97. The van der Waals surface area contributed by atoms with Crippen molar-refractivity contribution in [1.82, 2.24) is 10.9 Å². The Labute approximate surface area is 226 Å². The van der Waals surface area contributed by atoms with Crippen molar-refractivity contribution in [3.63, 3.8) is 0 Å². The van der Waals surface area contributed by atoms with Crippen LogP contribution in [0.4, 0.5) is 0 Å². The maximum absolute atomic E-state index is 12.1. The van der Waals surface area contributed by atoms with Crippen molar-refractivity contribution in [2.45, 2.75) is 13.8 Å². The van der Waals surface area contributed by atoms with Crippen LogP contribution in [0.1, 0.15) is 22.3 Å². The molecule has 8 nitrogen and oxygen atoms in total. The summed E-state index contributed by atoms with van der Waals surface area (Å²) in [5, 5.41) is 7.96. The molecule has 0 aliphatic carbocycles. The highest BCUT2D eigenvalue weighted by molar-refractivity contribution is 9.10. The molecule has 2 amide bonds. The Morgan fingerprint density at radius 2 is 1.17 bits per heavy atom. The van der Waals surface area contributed by atoms with Crippen molar-refractivity contribution in [3.05, 3.63) is 91.9 Å². The van der Waals surface area contributed by atoms with Gasteiger partial charge in [-0.1, -0.05) is 36.4 Å². The number of ether oxygens (including phenoxy) is 2. The first-order chi connectivity index (χ1) is 17.3. The fraction of sp³-hybridized carbons (Fsp3) is 0.154. The molecule has 0 aromatic heterocycles. The normalized spacial score (nSPS) is 11.0. The van der Waals surface area contributed by atoms with Gasteiger partial charge in [0.1, 0.15) is 11.5 Å². The summed E-state index contributed by atoms with van der Waals surface area (Å²) in [6.45, 7) is 3.56. The lowest BCUT2D eigenvalue weighted by Crippen LogP contribution is -2.25. The van der Waals surface area contributed by atoms with E-state index < -0.39 is 11.8 Å². The van der Waals surface area contributed by atoms with Crippen LogP contribution in [0.5, 0.6) is 11.5 Å². The van der Waals surface area contributed by atoms with E-state index in [9.17, 15) is 9.59 Å². The van der Waals surface area contributed by atoms with Gasteiger partial charge in [0.25, 0.3) is 11.8 Å². The average molecular weight is 616 g/mol. The van der Waals surface area contributed by atoms with Crippen molar-refractivity contribution in [2.24, 2.45) is 10.2 Å². The molecule has 0 radical (unpaired) electrons. The predicted molar refractivity (Wildman–Crippen MR) is 147 cm³/mol. The van der Waals surface area contributed by atoms with Gasteiger partial charge in [0.15, 0.2) is 13.2 Å². The van der Waals surface area contributed by atoms with Gasteiger partial charge in [-0.05, 0) is 81.1 Å². The van der Waals surface area contributed by atoms with Gasteiger partial charge in [-0.15, -0.1) is 0 Å². The highest BCUT2D eigenvalue weighted by Crippen LogP contribution is 2.26. The van der Waals surface area contributed by atoms with Crippen molar-refractivity contribution < 1.29 is 19.1 Å². The molecule has 0 unspecified atom stereocenters. The van der Waals surface area contributed by atoms with E-state index in [1.54, 1.807) is 24.3 Å². The van der Waals surface area contributed by atoms with Crippen LogP contribution in [-0.2, 0) is 9.59 Å². The molecular weight excluding hydrogens is 592 g/mol. The molecule has 186 valence electrons. The number of hydrogen-bond donors (Lipinski definition) is 2. The van der Waals surface area contributed by atoms with Gasteiger partial charge in [0.2, 0.25) is 0 Å². The molecule has 3 rings (SSSR count). The minimum atomic E-state index is -0.405. The van der Waals surface area contributed by atoms with Gasteiger partial charge >= 0.3 is 0 Å². The lowest BCUT2D eigenvalue weighted by atomic mass is 10.1. The van der Waals surface area contributed by atoms with Gasteiger partial charge in [-0.3, -0.25) is 9.59 Å². The molecule has 3 aromatic carbocycles. The first kappa shape index (κ1) is 27.1. The predicted octanol–water partition coefficient (Wildman–Crippen LogP) is 4.89. The second-order valence-corrected chi connectivity index (χ2v) is 9.37. The van der Waals surface area contributed by atoms with Crippen LogP contribution in [0.15, 0.2) is 79.8 Å². The van der Waals surface area contributed by atoms with E-state index in [1.807, 2.05) is 50.2 Å². The fourth-order valence-corrected chi connectivity index (χ4v) is 4.11. The molecule has 2 N–H and O–H groups in total. The summed E-state index contributed by atoms with van der Waals surface area (Å²) in [6, 6.07) is 18.4. The Morgan fingerprint density at radius 1 is 0.750 bits per heavy atom. The molecule has 0 bridgehead atoms. The third-order valence-electron chi connectivity index (χ3n) is 4.67. The van der Waals surface area contributed by atoms with Gasteiger partial charge in [-0.2, -0.15) is 10.2 Å². The Morgan fingerprint density at radius 3 is 1.56 bits per heavy atom. The van der Waals surface area contributed by atoms with Crippen molar-refractivity contribution in [2.75, 3.05) is 13.2 Å². The Bertz CT molecular complexity index is 1200. The topological polar surface area (TPSA) is 101 Å². The highest BCUT2D eigenvalue weighted by Gasteiger charge is 2.07. The standard InChI is InChI=1S/C26H24Br2N4O4/c1-17-7-9-23(21(27)11-17)35-15-25(33)31-29-13-19-5-3-4-6-20(19)14-30-32-26(34)16-36-24-10-8-18(2)12-22(24)28/h3-14H,15-16H2,1-2H3,(H,31,33)(H,32,34)/b29-13-,30-14-. The van der Waals surface area contributed by atoms with Crippen LogP contribution in [0.2, 0.25) is 0 Å². The van der Waals surface area contributed by atoms with E-state index in [0.717, 1.165) is 20.1 Å². The molecule has 0 saturated carbocycles. The number of benzene rings is 3. The fourth-order valence-electron chi connectivity index (χ4n) is 2.89. The Hall–Kier alpha value is -3.50. The van der Waals surface area contributed by atoms with E-state index in [1.165, 1.54) is 12.4 Å². The molecule has 3 aromatic rings.